The molecule has 0 radical (unpaired) electrons. The van der Waals surface area contributed by atoms with Crippen molar-refractivity contribution in [3.63, 3.8) is 0 Å². The normalized spacial score (nSPS) is 21.7. The molecule has 1 rings (SSSR count). The summed E-state index contributed by atoms with van der Waals surface area (Å²) in [6.07, 6.45) is -0.439. The first kappa shape index (κ1) is 8.85. The van der Waals surface area contributed by atoms with Crippen molar-refractivity contribution in [2.75, 3.05) is 5.75 Å². The third-order valence-corrected chi connectivity index (χ3v) is 2.13. The fourth-order valence-electron chi connectivity index (χ4n) is 0.719. The fourth-order valence-corrected chi connectivity index (χ4v) is 1.49. The van der Waals surface area contributed by atoms with Crippen LogP contribution in [0.15, 0.2) is 9.98 Å². The van der Waals surface area contributed by atoms with Crippen molar-refractivity contribution in [2.45, 2.75) is 6.17 Å². The van der Waals surface area contributed by atoms with Crippen molar-refractivity contribution >= 4 is 28.7 Å². The van der Waals surface area contributed by atoms with Crippen LogP contribution in [0.2, 0.25) is 0 Å². The molecule has 0 aromatic heterocycles. The van der Waals surface area contributed by atoms with Crippen molar-refractivity contribution in [1.29, 1.82) is 0 Å². The molecule has 1 aliphatic rings. The van der Waals surface area contributed by atoms with Gasteiger partial charge >= 0.3 is 5.97 Å². The van der Waals surface area contributed by atoms with Crippen LogP contribution in [0.4, 0.5) is 0 Å². The highest BCUT2D eigenvalue weighted by Gasteiger charge is 2.22. The molecule has 66 valence electrons. The van der Waals surface area contributed by atoms with Crippen molar-refractivity contribution in [1.82, 2.24) is 0 Å². The van der Waals surface area contributed by atoms with Gasteiger partial charge in [0.1, 0.15) is 0 Å². The van der Waals surface area contributed by atoms with Crippen LogP contribution < -0.4 is 11.5 Å². The Morgan fingerprint density at radius 2 is 2.42 bits per heavy atom. The van der Waals surface area contributed by atoms with E-state index in [-0.39, 0.29) is 11.0 Å². The van der Waals surface area contributed by atoms with Gasteiger partial charge in [-0.05, 0) is 0 Å². The van der Waals surface area contributed by atoms with E-state index in [4.69, 9.17) is 16.6 Å². The van der Waals surface area contributed by atoms with Gasteiger partial charge in [-0.2, -0.15) is 0 Å². The lowest BCUT2D eigenvalue weighted by Gasteiger charge is -1.96. The highest BCUT2D eigenvalue weighted by Crippen LogP contribution is 2.18. The van der Waals surface area contributed by atoms with E-state index < -0.39 is 12.1 Å². The molecule has 6 nitrogen and oxygen atoms in total. The SMILES string of the molecule is NC(N)=NC1CSC(C(=O)O)=N1. The van der Waals surface area contributed by atoms with Gasteiger partial charge in [0.05, 0.1) is 0 Å². The van der Waals surface area contributed by atoms with Crippen LogP contribution in [0.25, 0.3) is 0 Å². The summed E-state index contributed by atoms with van der Waals surface area (Å²) in [6, 6.07) is 0. The standard InChI is InChI=1S/C5H8N4O2S/c6-5(7)9-2-1-12-3(8-2)4(10)11/h2H,1H2,(H,10,11)(H4,6,7,9). The number of aliphatic imine (C=N–C) groups is 2. The minimum atomic E-state index is -1.03. The molecule has 1 heterocycles. The van der Waals surface area contributed by atoms with Crippen LogP contribution in [0.5, 0.6) is 0 Å². The molecular formula is C5H8N4O2S. The predicted octanol–water partition coefficient (Wildman–Crippen LogP) is -1.18. The van der Waals surface area contributed by atoms with Crippen molar-refractivity contribution in [3.05, 3.63) is 0 Å². The van der Waals surface area contributed by atoms with Crippen LogP contribution in [0.3, 0.4) is 0 Å². The molecule has 0 saturated heterocycles. The maximum atomic E-state index is 10.4. The minimum Gasteiger partial charge on any atom is -0.476 e. The zero-order valence-corrected chi connectivity index (χ0v) is 6.91. The smallest absolute Gasteiger partial charge is 0.360 e. The Labute approximate surface area is 72.7 Å². The first-order valence-electron chi connectivity index (χ1n) is 3.12. The number of hydrogen-bond acceptors (Lipinski definition) is 4. The summed E-state index contributed by atoms with van der Waals surface area (Å²) in [7, 11) is 0. The predicted molar refractivity (Wildman–Crippen MR) is 47.1 cm³/mol. The van der Waals surface area contributed by atoms with Crippen molar-refractivity contribution < 1.29 is 9.90 Å². The summed E-state index contributed by atoms with van der Waals surface area (Å²) in [5.41, 5.74) is 10.2. The Morgan fingerprint density at radius 3 is 2.83 bits per heavy atom. The summed E-state index contributed by atoms with van der Waals surface area (Å²) in [5.74, 6) is -0.621. The fraction of sp³-hybridized carbons (Fsp3) is 0.400. The van der Waals surface area contributed by atoms with Gasteiger partial charge in [-0.25, -0.2) is 14.8 Å². The quantitative estimate of drug-likeness (QED) is 0.372. The topological polar surface area (TPSA) is 114 Å². The Balaban J connectivity index is 2.65. The number of hydrogen-bond donors (Lipinski definition) is 3. The van der Waals surface area contributed by atoms with Gasteiger partial charge in [0.25, 0.3) is 0 Å². The number of guanidine groups is 1. The second kappa shape index (κ2) is 3.44. The third kappa shape index (κ3) is 2.12. The molecule has 0 amide bonds. The average molecular weight is 188 g/mol. The van der Waals surface area contributed by atoms with Crippen molar-refractivity contribution in [2.24, 2.45) is 21.5 Å². The van der Waals surface area contributed by atoms with E-state index in [0.29, 0.717) is 5.75 Å². The lowest BCUT2D eigenvalue weighted by molar-refractivity contribution is -0.129. The maximum Gasteiger partial charge on any atom is 0.360 e. The van der Waals surface area contributed by atoms with Gasteiger partial charge in [-0.1, -0.05) is 11.8 Å². The summed E-state index contributed by atoms with van der Waals surface area (Å²) in [5, 5.41) is 8.56. The molecule has 0 bridgehead atoms. The maximum absolute atomic E-state index is 10.4. The van der Waals surface area contributed by atoms with Crippen LogP contribution in [-0.2, 0) is 4.79 Å². The lowest BCUT2D eigenvalue weighted by atomic mass is 10.6. The molecule has 0 spiro atoms. The number of thioether (sulfide) groups is 1. The molecule has 0 fully saturated rings. The summed E-state index contributed by atoms with van der Waals surface area (Å²) in [6.45, 7) is 0. The van der Waals surface area contributed by atoms with E-state index in [1.807, 2.05) is 0 Å². The molecule has 1 atom stereocenters. The summed E-state index contributed by atoms with van der Waals surface area (Å²) < 4.78 is 0. The molecule has 1 aliphatic heterocycles. The van der Waals surface area contributed by atoms with E-state index in [1.54, 1.807) is 0 Å². The van der Waals surface area contributed by atoms with Crippen LogP contribution in [0.1, 0.15) is 0 Å². The molecule has 5 N–H and O–H groups in total. The van der Waals surface area contributed by atoms with Gasteiger partial charge in [-0.3, -0.25) is 0 Å². The van der Waals surface area contributed by atoms with Gasteiger partial charge < -0.3 is 16.6 Å². The number of rotatable bonds is 2. The number of aliphatic carboxylic acids is 1. The van der Waals surface area contributed by atoms with Gasteiger partial charge in [0, 0.05) is 5.75 Å². The first-order chi connectivity index (χ1) is 5.59. The third-order valence-electron chi connectivity index (χ3n) is 1.12. The number of carboxylic acids is 1. The van der Waals surface area contributed by atoms with E-state index >= 15 is 0 Å². The number of nitrogens with zero attached hydrogens (tertiary/aromatic N) is 2. The number of carbonyl (C=O) groups is 1. The van der Waals surface area contributed by atoms with E-state index in [9.17, 15) is 4.79 Å². The molecule has 0 aromatic carbocycles. The average Bonchev–Trinajstić information content (AvgIpc) is 2.34. The highest BCUT2D eigenvalue weighted by atomic mass is 32.2. The molecule has 0 aliphatic carbocycles. The Bertz CT molecular complexity index is 258. The van der Waals surface area contributed by atoms with Gasteiger partial charge in [-0.15, -0.1) is 0 Å². The van der Waals surface area contributed by atoms with Crippen LogP contribution in [-0.4, -0.2) is 34.0 Å². The van der Waals surface area contributed by atoms with Gasteiger partial charge in [0.2, 0.25) is 0 Å². The summed E-state index contributed by atoms with van der Waals surface area (Å²) in [4.78, 5) is 17.8. The molecular weight excluding hydrogens is 180 g/mol. The minimum absolute atomic E-state index is 0.0602. The second-order valence-corrected chi connectivity index (χ2v) is 3.09. The Hall–Kier alpha value is -1.24. The van der Waals surface area contributed by atoms with E-state index in [0.717, 1.165) is 11.8 Å². The van der Waals surface area contributed by atoms with Gasteiger partial charge in [0.15, 0.2) is 17.2 Å². The van der Waals surface area contributed by atoms with E-state index in [2.05, 4.69) is 9.98 Å². The lowest BCUT2D eigenvalue weighted by Crippen LogP contribution is -2.25. The Morgan fingerprint density at radius 1 is 1.75 bits per heavy atom. The molecule has 0 aromatic rings. The van der Waals surface area contributed by atoms with Crippen LogP contribution in [0, 0.1) is 0 Å². The van der Waals surface area contributed by atoms with Crippen LogP contribution >= 0.6 is 11.8 Å². The first-order valence-corrected chi connectivity index (χ1v) is 4.11. The monoisotopic (exact) mass is 188 g/mol. The molecule has 12 heavy (non-hydrogen) atoms. The largest absolute Gasteiger partial charge is 0.476 e. The zero-order chi connectivity index (χ0) is 9.14. The zero-order valence-electron chi connectivity index (χ0n) is 6.10. The highest BCUT2D eigenvalue weighted by molar-refractivity contribution is 8.16. The number of nitrogens with two attached hydrogens (primary N) is 2. The molecule has 7 heteroatoms. The molecule has 0 saturated carbocycles. The van der Waals surface area contributed by atoms with E-state index in [1.165, 1.54) is 0 Å². The van der Waals surface area contributed by atoms with Crippen molar-refractivity contribution in [3.8, 4) is 0 Å². The molecule has 1 unspecified atom stereocenters. The number of carboxylic acid groups (broad SMARTS) is 1. The Kier molecular flexibility index (Phi) is 2.54. The summed E-state index contributed by atoms with van der Waals surface area (Å²) >= 11 is 1.13. The second-order valence-electron chi connectivity index (χ2n) is 2.08.